The smallest absolute Gasteiger partial charge is 0.223 e. The van der Waals surface area contributed by atoms with Crippen LogP contribution in [0.4, 0.5) is 0 Å². The topological polar surface area (TPSA) is 52.3 Å². The second-order valence-corrected chi connectivity index (χ2v) is 3.94. The molecule has 1 aromatic carbocycles. The molecular formula is C12H17NO2. The number of hydrogen-bond acceptors (Lipinski definition) is 2. The van der Waals surface area contributed by atoms with E-state index in [2.05, 4.69) is 6.07 Å². The quantitative estimate of drug-likeness (QED) is 0.818. The SMILES string of the molecule is Cc1cc(C)cc(OCC(C)C(N)=O)c1. The summed E-state index contributed by atoms with van der Waals surface area (Å²) in [5.41, 5.74) is 7.44. The van der Waals surface area contributed by atoms with E-state index >= 15 is 0 Å². The van der Waals surface area contributed by atoms with Crippen LogP contribution in [-0.4, -0.2) is 12.5 Å². The molecular weight excluding hydrogens is 190 g/mol. The molecule has 1 amide bonds. The van der Waals surface area contributed by atoms with Gasteiger partial charge in [0.15, 0.2) is 0 Å². The minimum absolute atomic E-state index is 0.259. The van der Waals surface area contributed by atoms with Gasteiger partial charge in [-0.3, -0.25) is 4.79 Å². The zero-order chi connectivity index (χ0) is 11.4. The van der Waals surface area contributed by atoms with Crippen molar-refractivity contribution in [1.29, 1.82) is 0 Å². The summed E-state index contributed by atoms with van der Waals surface area (Å²) in [4.78, 5) is 10.8. The van der Waals surface area contributed by atoms with Gasteiger partial charge in [0, 0.05) is 0 Å². The standard InChI is InChI=1S/C12H17NO2/c1-8-4-9(2)6-11(5-8)15-7-10(3)12(13)14/h4-6,10H,7H2,1-3H3,(H2,13,14). The highest BCUT2D eigenvalue weighted by molar-refractivity contribution is 5.76. The molecule has 1 atom stereocenters. The van der Waals surface area contributed by atoms with Crippen molar-refractivity contribution in [2.45, 2.75) is 20.8 Å². The first kappa shape index (κ1) is 11.6. The van der Waals surface area contributed by atoms with Crippen LogP contribution in [0.5, 0.6) is 5.75 Å². The molecule has 0 fully saturated rings. The fourth-order valence-corrected chi connectivity index (χ4v) is 1.32. The van der Waals surface area contributed by atoms with E-state index in [1.165, 1.54) is 0 Å². The van der Waals surface area contributed by atoms with E-state index in [0.29, 0.717) is 6.61 Å². The van der Waals surface area contributed by atoms with Crippen molar-refractivity contribution in [3.63, 3.8) is 0 Å². The summed E-state index contributed by atoms with van der Waals surface area (Å²) in [6, 6.07) is 5.96. The third-order valence-electron chi connectivity index (χ3n) is 2.18. The molecule has 82 valence electrons. The number of rotatable bonds is 4. The zero-order valence-corrected chi connectivity index (χ0v) is 9.41. The van der Waals surface area contributed by atoms with E-state index in [4.69, 9.17) is 10.5 Å². The Balaban J connectivity index is 2.61. The summed E-state index contributed by atoms with van der Waals surface area (Å²) in [6.45, 7) is 6.11. The lowest BCUT2D eigenvalue weighted by Gasteiger charge is -2.11. The first-order valence-corrected chi connectivity index (χ1v) is 4.99. The van der Waals surface area contributed by atoms with Gasteiger partial charge < -0.3 is 10.5 Å². The van der Waals surface area contributed by atoms with Crippen LogP contribution in [0.2, 0.25) is 0 Å². The maximum absolute atomic E-state index is 10.8. The second-order valence-electron chi connectivity index (χ2n) is 3.94. The van der Waals surface area contributed by atoms with Crippen molar-refractivity contribution in [2.24, 2.45) is 11.7 Å². The molecule has 15 heavy (non-hydrogen) atoms. The predicted molar refractivity (Wildman–Crippen MR) is 59.8 cm³/mol. The Labute approximate surface area is 90.2 Å². The van der Waals surface area contributed by atoms with E-state index in [0.717, 1.165) is 16.9 Å². The molecule has 3 heteroatoms. The number of benzene rings is 1. The number of primary amides is 1. The number of aryl methyl sites for hydroxylation is 2. The van der Waals surface area contributed by atoms with Crippen molar-refractivity contribution in [3.05, 3.63) is 29.3 Å². The molecule has 0 bridgehead atoms. The highest BCUT2D eigenvalue weighted by atomic mass is 16.5. The van der Waals surface area contributed by atoms with Crippen molar-refractivity contribution in [3.8, 4) is 5.75 Å². The Morgan fingerprint density at radius 2 is 1.87 bits per heavy atom. The number of carbonyl (C=O) groups is 1. The fraction of sp³-hybridized carbons (Fsp3) is 0.417. The van der Waals surface area contributed by atoms with Crippen LogP contribution in [0.1, 0.15) is 18.1 Å². The van der Waals surface area contributed by atoms with Crippen molar-refractivity contribution >= 4 is 5.91 Å². The Bertz CT molecular complexity index is 340. The molecule has 0 spiro atoms. The molecule has 1 rings (SSSR count). The van der Waals surface area contributed by atoms with Crippen LogP contribution in [0.15, 0.2) is 18.2 Å². The summed E-state index contributed by atoms with van der Waals surface area (Å²) in [5, 5.41) is 0. The Hall–Kier alpha value is -1.51. The predicted octanol–water partition coefficient (Wildman–Crippen LogP) is 1.80. The van der Waals surface area contributed by atoms with E-state index in [1.807, 2.05) is 26.0 Å². The molecule has 1 unspecified atom stereocenters. The molecule has 0 saturated heterocycles. The van der Waals surface area contributed by atoms with E-state index in [-0.39, 0.29) is 11.8 Å². The first-order chi connectivity index (χ1) is 6.99. The third kappa shape index (κ3) is 3.62. The fourth-order valence-electron chi connectivity index (χ4n) is 1.32. The molecule has 0 heterocycles. The molecule has 0 saturated carbocycles. The highest BCUT2D eigenvalue weighted by Gasteiger charge is 2.09. The van der Waals surface area contributed by atoms with Gasteiger partial charge in [0.05, 0.1) is 12.5 Å². The zero-order valence-electron chi connectivity index (χ0n) is 9.41. The van der Waals surface area contributed by atoms with Crippen molar-refractivity contribution in [1.82, 2.24) is 0 Å². The Morgan fingerprint density at radius 1 is 1.33 bits per heavy atom. The number of nitrogens with two attached hydrogens (primary N) is 1. The van der Waals surface area contributed by atoms with Gasteiger partial charge in [-0.1, -0.05) is 13.0 Å². The molecule has 3 nitrogen and oxygen atoms in total. The maximum atomic E-state index is 10.8. The van der Waals surface area contributed by atoms with Crippen LogP contribution in [0, 0.1) is 19.8 Å². The number of amides is 1. The lowest BCUT2D eigenvalue weighted by Crippen LogP contribution is -2.25. The van der Waals surface area contributed by atoms with E-state index in [9.17, 15) is 4.79 Å². The van der Waals surface area contributed by atoms with Gasteiger partial charge >= 0.3 is 0 Å². The minimum Gasteiger partial charge on any atom is -0.493 e. The minimum atomic E-state index is -0.334. The summed E-state index contributed by atoms with van der Waals surface area (Å²) in [7, 11) is 0. The van der Waals surface area contributed by atoms with Crippen molar-refractivity contribution in [2.75, 3.05) is 6.61 Å². The number of hydrogen-bond donors (Lipinski definition) is 1. The second kappa shape index (κ2) is 4.82. The lowest BCUT2D eigenvalue weighted by atomic mass is 10.1. The molecule has 0 aliphatic carbocycles. The summed E-state index contributed by atoms with van der Waals surface area (Å²) in [6.07, 6.45) is 0. The summed E-state index contributed by atoms with van der Waals surface area (Å²) >= 11 is 0. The lowest BCUT2D eigenvalue weighted by molar-refractivity contribution is -0.122. The van der Waals surface area contributed by atoms with Gasteiger partial charge in [-0.2, -0.15) is 0 Å². The number of carbonyl (C=O) groups excluding carboxylic acids is 1. The van der Waals surface area contributed by atoms with Crippen LogP contribution >= 0.6 is 0 Å². The van der Waals surface area contributed by atoms with Gasteiger partial charge in [-0.15, -0.1) is 0 Å². The summed E-state index contributed by atoms with van der Waals surface area (Å²) in [5.74, 6) is 0.200. The van der Waals surface area contributed by atoms with Crippen LogP contribution in [-0.2, 0) is 4.79 Å². The van der Waals surface area contributed by atoms with Crippen LogP contribution < -0.4 is 10.5 Å². The van der Waals surface area contributed by atoms with Gasteiger partial charge in [0.1, 0.15) is 5.75 Å². The van der Waals surface area contributed by atoms with Gasteiger partial charge in [0.2, 0.25) is 5.91 Å². The van der Waals surface area contributed by atoms with Gasteiger partial charge in [0.25, 0.3) is 0 Å². The molecule has 0 radical (unpaired) electrons. The maximum Gasteiger partial charge on any atom is 0.223 e. The van der Waals surface area contributed by atoms with E-state index < -0.39 is 0 Å². The number of ether oxygens (including phenoxy) is 1. The Morgan fingerprint density at radius 3 is 2.33 bits per heavy atom. The molecule has 0 aliphatic heterocycles. The Kier molecular flexibility index (Phi) is 3.72. The molecule has 1 aromatic rings. The third-order valence-corrected chi connectivity index (χ3v) is 2.18. The molecule has 2 N–H and O–H groups in total. The van der Waals surface area contributed by atoms with Crippen LogP contribution in [0.25, 0.3) is 0 Å². The summed E-state index contributed by atoms with van der Waals surface area (Å²) < 4.78 is 5.49. The highest BCUT2D eigenvalue weighted by Crippen LogP contribution is 2.16. The first-order valence-electron chi connectivity index (χ1n) is 4.99. The van der Waals surface area contributed by atoms with Crippen molar-refractivity contribution < 1.29 is 9.53 Å². The molecule has 0 aliphatic rings. The van der Waals surface area contributed by atoms with Crippen LogP contribution in [0.3, 0.4) is 0 Å². The van der Waals surface area contributed by atoms with E-state index in [1.54, 1.807) is 6.92 Å². The monoisotopic (exact) mass is 207 g/mol. The average molecular weight is 207 g/mol. The normalized spacial score (nSPS) is 12.2. The molecule has 0 aromatic heterocycles. The average Bonchev–Trinajstić information content (AvgIpc) is 2.12. The van der Waals surface area contributed by atoms with Gasteiger partial charge in [-0.05, 0) is 37.1 Å². The van der Waals surface area contributed by atoms with Gasteiger partial charge in [-0.25, -0.2) is 0 Å². The largest absolute Gasteiger partial charge is 0.493 e.